The van der Waals surface area contributed by atoms with E-state index >= 15 is 0 Å². The van der Waals surface area contributed by atoms with Crippen molar-refractivity contribution in [3.05, 3.63) is 11.8 Å². The van der Waals surface area contributed by atoms with Crippen LogP contribution in [-0.2, 0) is 17.1 Å². The highest BCUT2D eigenvalue weighted by Crippen LogP contribution is 2.19. The first-order valence-electron chi connectivity index (χ1n) is 5.65. The van der Waals surface area contributed by atoms with Crippen LogP contribution in [0.3, 0.4) is 0 Å². The largest absolute Gasteiger partial charge is 0.312 e. The van der Waals surface area contributed by atoms with Crippen LogP contribution in [0.2, 0.25) is 0 Å². The van der Waals surface area contributed by atoms with E-state index in [2.05, 4.69) is 10.4 Å². The summed E-state index contributed by atoms with van der Waals surface area (Å²) < 4.78 is 27.9. The lowest BCUT2D eigenvalue weighted by Gasteiger charge is -2.31. The highest BCUT2D eigenvalue weighted by atomic mass is 32.2. The molecule has 0 spiro atoms. The van der Waals surface area contributed by atoms with Crippen molar-refractivity contribution < 1.29 is 8.42 Å². The van der Waals surface area contributed by atoms with Crippen LogP contribution < -0.4 is 5.32 Å². The van der Waals surface area contributed by atoms with Gasteiger partial charge in [0, 0.05) is 38.3 Å². The molecular formula is C10H18N4O2S. The summed E-state index contributed by atoms with van der Waals surface area (Å²) in [6, 6.07) is 0.187. The summed E-state index contributed by atoms with van der Waals surface area (Å²) in [5.74, 6) is 0. The van der Waals surface area contributed by atoms with Crippen molar-refractivity contribution in [1.82, 2.24) is 19.4 Å². The molecule has 1 aromatic rings. The van der Waals surface area contributed by atoms with E-state index in [0.717, 1.165) is 0 Å². The maximum atomic E-state index is 12.5. The third-order valence-electron chi connectivity index (χ3n) is 2.97. The second-order valence-electron chi connectivity index (χ2n) is 4.47. The summed E-state index contributed by atoms with van der Waals surface area (Å²) in [5, 5.41) is 7.52. The summed E-state index contributed by atoms with van der Waals surface area (Å²) in [5.41, 5.74) is 0.693. The Morgan fingerprint density at radius 3 is 2.76 bits per heavy atom. The number of rotatable bonds is 2. The van der Waals surface area contributed by atoms with Crippen LogP contribution >= 0.6 is 0 Å². The number of hydrogen-bond donors (Lipinski definition) is 1. The van der Waals surface area contributed by atoms with Gasteiger partial charge in [0.05, 0.1) is 6.20 Å². The Labute approximate surface area is 102 Å². The van der Waals surface area contributed by atoms with E-state index in [1.807, 2.05) is 6.92 Å². The molecule has 0 aliphatic carbocycles. The molecule has 1 atom stereocenters. The predicted octanol–water partition coefficient (Wildman–Crippen LogP) is -0.289. The van der Waals surface area contributed by atoms with Crippen LogP contribution in [0.15, 0.2) is 11.2 Å². The van der Waals surface area contributed by atoms with Gasteiger partial charge in [0.1, 0.15) is 0 Å². The van der Waals surface area contributed by atoms with Gasteiger partial charge in [-0.05, 0) is 13.8 Å². The van der Waals surface area contributed by atoms with E-state index in [9.17, 15) is 8.42 Å². The number of sulfonamides is 1. The second kappa shape index (κ2) is 4.40. The fourth-order valence-electron chi connectivity index (χ4n) is 2.14. The van der Waals surface area contributed by atoms with E-state index in [4.69, 9.17) is 0 Å². The first kappa shape index (κ1) is 12.5. The Hall–Kier alpha value is -0.920. The topological polar surface area (TPSA) is 67.2 Å². The zero-order chi connectivity index (χ0) is 12.6. The van der Waals surface area contributed by atoms with E-state index < -0.39 is 10.0 Å². The van der Waals surface area contributed by atoms with Crippen LogP contribution in [0, 0.1) is 6.92 Å². The van der Waals surface area contributed by atoms with Gasteiger partial charge in [0.25, 0.3) is 10.0 Å². The molecule has 0 amide bonds. The normalized spacial score (nSPS) is 22.9. The summed E-state index contributed by atoms with van der Waals surface area (Å²) in [7, 11) is -1.76. The third kappa shape index (κ3) is 2.22. The third-order valence-corrected chi connectivity index (χ3v) is 5.06. The van der Waals surface area contributed by atoms with Gasteiger partial charge in [-0.2, -0.15) is 9.40 Å². The molecule has 0 saturated carbocycles. The van der Waals surface area contributed by atoms with Crippen molar-refractivity contribution in [2.45, 2.75) is 24.9 Å². The molecule has 96 valence electrons. The molecule has 2 rings (SSSR count). The molecule has 2 heterocycles. The Morgan fingerprint density at radius 2 is 2.24 bits per heavy atom. The molecule has 1 aliphatic heterocycles. The average Bonchev–Trinajstić information content (AvgIpc) is 2.59. The lowest BCUT2D eigenvalue weighted by molar-refractivity contribution is 0.308. The van der Waals surface area contributed by atoms with E-state index in [1.165, 1.54) is 8.99 Å². The molecule has 1 aromatic heterocycles. The van der Waals surface area contributed by atoms with Gasteiger partial charge in [-0.3, -0.25) is 4.68 Å². The molecule has 1 saturated heterocycles. The molecule has 0 aromatic carbocycles. The van der Waals surface area contributed by atoms with Crippen molar-refractivity contribution in [2.75, 3.05) is 19.6 Å². The molecule has 17 heavy (non-hydrogen) atoms. The fourth-order valence-corrected chi connectivity index (χ4v) is 3.98. The number of nitrogens with zero attached hydrogens (tertiary/aromatic N) is 3. The minimum absolute atomic E-state index is 0.187. The molecular weight excluding hydrogens is 240 g/mol. The number of nitrogens with one attached hydrogen (secondary N) is 1. The smallest absolute Gasteiger partial charge is 0.260 e. The van der Waals surface area contributed by atoms with Crippen LogP contribution in [0.5, 0.6) is 0 Å². The minimum Gasteiger partial charge on any atom is -0.312 e. The van der Waals surface area contributed by atoms with Crippen molar-refractivity contribution in [3.8, 4) is 0 Å². The Bertz CT molecular complexity index is 489. The van der Waals surface area contributed by atoms with Crippen molar-refractivity contribution in [2.24, 2.45) is 7.05 Å². The van der Waals surface area contributed by atoms with Gasteiger partial charge < -0.3 is 5.32 Å². The Morgan fingerprint density at radius 1 is 1.53 bits per heavy atom. The fraction of sp³-hybridized carbons (Fsp3) is 0.700. The first-order valence-corrected chi connectivity index (χ1v) is 7.09. The average molecular weight is 258 g/mol. The van der Waals surface area contributed by atoms with Crippen molar-refractivity contribution >= 4 is 10.0 Å². The van der Waals surface area contributed by atoms with Gasteiger partial charge in [-0.1, -0.05) is 0 Å². The van der Waals surface area contributed by atoms with E-state index in [1.54, 1.807) is 20.2 Å². The van der Waals surface area contributed by atoms with E-state index in [0.29, 0.717) is 30.2 Å². The summed E-state index contributed by atoms with van der Waals surface area (Å²) in [6.07, 6.45) is 1.58. The van der Waals surface area contributed by atoms with Crippen LogP contribution in [0.25, 0.3) is 0 Å². The summed E-state index contributed by atoms with van der Waals surface area (Å²) in [6.45, 7) is 5.46. The molecule has 1 aliphatic rings. The van der Waals surface area contributed by atoms with Crippen molar-refractivity contribution in [3.63, 3.8) is 0 Å². The van der Waals surface area contributed by atoms with Gasteiger partial charge in [-0.15, -0.1) is 0 Å². The SMILES string of the molecule is Cc1cnn(C)c1S(=O)(=O)N1CCN[C@H](C)C1. The number of aryl methyl sites for hydroxylation is 2. The molecule has 1 fully saturated rings. The van der Waals surface area contributed by atoms with Crippen LogP contribution in [0.4, 0.5) is 0 Å². The molecule has 7 heteroatoms. The minimum atomic E-state index is -3.42. The van der Waals surface area contributed by atoms with Crippen LogP contribution in [-0.4, -0.2) is 48.2 Å². The lowest BCUT2D eigenvalue weighted by Crippen LogP contribution is -2.51. The second-order valence-corrected chi connectivity index (χ2v) is 6.33. The zero-order valence-corrected chi connectivity index (χ0v) is 11.2. The molecule has 0 bridgehead atoms. The Kier molecular flexibility index (Phi) is 3.24. The molecule has 0 unspecified atom stereocenters. The maximum Gasteiger partial charge on any atom is 0.260 e. The van der Waals surface area contributed by atoms with Gasteiger partial charge in [0.15, 0.2) is 5.03 Å². The highest BCUT2D eigenvalue weighted by Gasteiger charge is 2.31. The molecule has 1 N–H and O–H groups in total. The Balaban J connectivity index is 2.36. The number of aromatic nitrogens is 2. The lowest BCUT2D eigenvalue weighted by atomic mass is 10.3. The van der Waals surface area contributed by atoms with Crippen LogP contribution in [0.1, 0.15) is 12.5 Å². The van der Waals surface area contributed by atoms with Gasteiger partial charge >= 0.3 is 0 Å². The molecule has 0 radical (unpaired) electrons. The van der Waals surface area contributed by atoms with Gasteiger partial charge in [0.2, 0.25) is 0 Å². The monoisotopic (exact) mass is 258 g/mol. The number of piperazine rings is 1. The zero-order valence-electron chi connectivity index (χ0n) is 10.3. The molecule has 6 nitrogen and oxygen atoms in total. The standard InChI is InChI=1S/C10H18N4O2S/c1-8-6-12-13(3)10(8)17(15,16)14-5-4-11-9(2)7-14/h6,9,11H,4-5,7H2,1-3H3/t9-/m1/s1. The first-order chi connectivity index (χ1) is 7.93. The summed E-state index contributed by atoms with van der Waals surface area (Å²) >= 11 is 0. The maximum absolute atomic E-state index is 12.5. The summed E-state index contributed by atoms with van der Waals surface area (Å²) in [4.78, 5) is 0. The quantitative estimate of drug-likeness (QED) is 0.791. The predicted molar refractivity (Wildman–Crippen MR) is 64.2 cm³/mol. The van der Waals surface area contributed by atoms with E-state index in [-0.39, 0.29) is 6.04 Å². The van der Waals surface area contributed by atoms with Gasteiger partial charge in [-0.25, -0.2) is 8.42 Å². The highest BCUT2D eigenvalue weighted by molar-refractivity contribution is 7.89. The number of hydrogen-bond acceptors (Lipinski definition) is 4. The van der Waals surface area contributed by atoms with Crippen molar-refractivity contribution in [1.29, 1.82) is 0 Å².